The van der Waals surface area contributed by atoms with Crippen LogP contribution >= 0.6 is 0 Å². The van der Waals surface area contributed by atoms with Crippen LogP contribution in [0.5, 0.6) is 0 Å². The van der Waals surface area contributed by atoms with E-state index in [4.69, 9.17) is 0 Å². The van der Waals surface area contributed by atoms with Gasteiger partial charge in [0.15, 0.2) is 11.5 Å². The van der Waals surface area contributed by atoms with Crippen molar-refractivity contribution in [3.63, 3.8) is 0 Å². The van der Waals surface area contributed by atoms with Crippen LogP contribution in [0.4, 0.5) is 0 Å². The van der Waals surface area contributed by atoms with Gasteiger partial charge in [-0.25, -0.2) is 0 Å². The van der Waals surface area contributed by atoms with Crippen LogP contribution in [0, 0.1) is 6.92 Å². The number of aryl methyl sites for hydroxylation is 1. The minimum atomic E-state index is 0.381. The largest absolute Gasteiger partial charge is 0.197 e. The van der Waals surface area contributed by atoms with Gasteiger partial charge in [-0.05, 0) is 12.8 Å². The molecule has 0 bridgehead atoms. The topological polar surface area (TPSA) is 43.1 Å². The summed E-state index contributed by atoms with van der Waals surface area (Å²) in [5, 5.41) is 15.2. The van der Waals surface area contributed by atoms with Gasteiger partial charge in [-0.3, -0.25) is 0 Å². The van der Waals surface area contributed by atoms with Gasteiger partial charge in [0, 0.05) is 10.8 Å². The fourth-order valence-corrected chi connectivity index (χ4v) is 2.13. The molecule has 0 unspecified atom stereocenters. The molecule has 3 rings (SSSR count). The van der Waals surface area contributed by atoms with Crippen molar-refractivity contribution in [1.82, 2.24) is 19.8 Å². The first-order valence-electron chi connectivity index (χ1n) is 5.79. The summed E-state index contributed by atoms with van der Waals surface area (Å²) in [7, 11) is 0. The van der Waals surface area contributed by atoms with Crippen molar-refractivity contribution in [1.29, 1.82) is 0 Å². The maximum Gasteiger partial charge on any atom is 0.185 e. The average molecular weight is 226 g/mol. The standard InChI is InChI=1S/C13H14N4/c1-8(2)12-10-6-4-5-7-11(10)13-15-14-9(3)17(13)16-12/h4-8H,1-3H3. The van der Waals surface area contributed by atoms with Crippen molar-refractivity contribution in [2.24, 2.45) is 0 Å². The fourth-order valence-electron chi connectivity index (χ4n) is 2.13. The van der Waals surface area contributed by atoms with Gasteiger partial charge in [0.25, 0.3) is 0 Å². The Bertz CT molecular complexity index is 697. The fraction of sp³-hybridized carbons (Fsp3) is 0.308. The molecule has 0 spiro atoms. The lowest BCUT2D eigenvalue weighted by atomic mass is 10.0. The first kappa shape index (κ1) is 10.2. The van der Waals surface area contributed by atoms with E-state index in [9.17, 15) is 0 Å². The van der Waals surface area contributed by atoms with Gasteiger partial charge in [0.05, 0.1) is 5.69 Å². The van der Waals surface area contributed by atoms with Crippen molar-refractivity contribution in [3.8, 4) is 0 Å². The van der Waals surface area contributed by atoms with Crippen molar-refractivity contribution in [2.45, 2.75) is 26.7 Å². The molecule has 4 nitrogen and oxygen atoms in total. The molecule has 0 atom stereocenters. The third-order valence-electron chi connectivity index (χ3n) is 3.00. The van der Waals surface area contributed by atoms with Crippen LogP contribution in [0.25, 0.3) is 16.4 Å². The molecular formula is C13H14N4. The van der Waals surface area contributed by atoms with E-state index in [-0.39, 0.29) is 0 Å². The van der Waals surface area contributed by atoms with Crippen LogP contribution in [-0.2, 0) is 0 Å². The Morgan fingerprint density at radius 1 is 1.06 bits per heavy atom. The first-order chi connectivity index (χ1) is 8.18. The highest BCUT2D eigenvalue weighted by atomic mass is 15.4. The van der Waals surface area contributed by atoms with Gasteiger partial charge in [0.1, 0.15) is 0 Å². The van der Waals surface area contributed by atoms with Gasteiger partial charge in [0.2, 0.25) is 0 Å². The molecule has 86 valence electrons. The van der Waals surface area contributed by atoms with Gasteiger partial charge >= 0.3 is 0 Å². The van der Waals surface area contributed by atoms with Gasteiger partial charge in [-0.1, -0.05) is 38.1 Å². The number of nitrogens with zero attached hydrogens (tertiary/aromatic N) is 4. The monoisotopic (exact) mass is 226 g/mol. The second kappa shape index (κ2) is 3.52. The quantitative estimate of drug-likeness (QED) is 0.640. The molecule has 0 aliphatic carbocycles. The van der Waals surface area contributed by atoms with Crippen LogP contribution in [0.2, 0.25) is 0 Å². The second-order valence-corrected chi connectivity index (χ2v) is 4.57. The number of hydrogen-bond donors (Lipinski definition) is 0. The summed E-state index contributed by atoms with van der Waals surface area (Å²) < 4.78 is 1.83. The summed E-state index contributed by atoms with van der Waals surface area (Å²) in [6.07, 6.45) is 0. The Morgan fingerprint density at radius 3 is 2.47 bits per heavy atom. The van der Waals surface area contributed by atoms with Crippen LogP contribution in [0.1, 0.15) is 31.3 Å². The smallest absolute Gasteiger partial charge is 0.185 e. The molecule has 0 aliphatic rings. The Hall–Kier alpha value is -1.97. The summed E-state index contributed by atoms with van der Waals surface area (Å²) in [5.41, 5.74) is 1.93. The molecule has 0 N–H and O–H groups in total. The Kier molecular flexibility index (Phi) is 2.11. The summed E-state index contributed by atoms with van der Waals surface area (Å²) in [6, 6.07) is 8.24. The number of fused-ring (bicyclic) bond motifs is 3. The zero-order valence-electron chi connectivity index (χ0n) is 10.2. The van der Waals surface area contributed by atoms with Gasteiger partial charge in [-0.2, -0.15) is 9.61 Å². The lowest BCUT2D eigenvalue weighted by Gasteiger charge is -2.09. The molecule has 0 saturated heterocycles. The predicted molar refractivity (Wildman–Crippen MR) is 67.1 cm³/mol. The van der Waals surface area contributed by atoms with Crippen LogP contribution in [0.15, 0.2) is 24.3 Å². The van der Waals surface area contributed by atoms with E-state index in [2.05, 4.69) is 41.3 Å². The van der Waals surface area contributed by atoms with E-state index in [1.165, 1.54) is 5.39 Å². The Morgan fingerprint density at radius 2 is 1.76 bits per heavy atom. The van der Waals surface area contributed by atoms with Crippen molar-refractivity contribution in [3.05, 3.63) is 35.8 Å². The highest BCUT2D eigenvalue weighted by Gasteiger charge is 2.13. The number of benzene rings is 1. The SMILES string of the molecule is Cc1nnc2c3ccccc3c(C(C)C)nn12. The number of rotatable bonds is 1. The van der Waals surface area contributed by atoms with E-state index in [1.807, 2.05) is 23.6 Å². The van der Waals surface area contributed by atoms with E-state index >= 15 is 0 Å². The Labute approximate surface area is 99.3 Å². The zero-order chi connectivity index (χ0) is 12.0. The second-order valence-electron chi connectivity index (χ2n) is 4.57. The number of aromatic nitrogens is 4. The molecule has 0 amide bonds. The predicted octanol–water partition coefficient (Wildman–Crippen LogP) is 2.71. The average Bonchev–Trinajstić information content (AvgIpc) is 2.70. The summed E-state index contributed by atoms with van der Waals surface area (Å²) in [4.78, 5) is 0. The normalized spacial score (nSPS) is 11.8. The lowest BCUT2D eigenvalue weighted by molar-refractivity contribution is 0.762. The van der Waals surface area contributed by atoms with Gasteiger partial charge in [-0.15, -0.1) is 10.2 Å². The molecule has 0 fully saturated rings. The Balaban J connectivity index is 2.56. The third kappa shape index (κ3) is 1.40. The molecule has 0 saturated carbocycles. The van der Waals surface area contributed by atoms with E-state index < -0.39 is 0 Å². The van der Waals surface area contributed by atoms with Gasteiger partial charge < -0.3 is 0 Å². The highest BCUT2D eigenvalue weighted by molar-refractivity contribution is 5.95. The molecule has 2 aromatic heterocycles. The zero-order valence-corrected chi connectivity index (χ0v) is 10.2. The van der Waals surface area contributed by atoms with Crippen LogP contribution in [0.3, 0.4) is 0 Å². The molecule has 1 aromatic carbocycles. The molecule has 3 aromatic rings. The minimum Gasteiger partial charge on any atom is -0.197 e. The van der Waals surface area contributed by atoms with Crippen LogP contribution < -0.4 is 0 Å². The first-order valence-corrected chi connectivity index (χ1v) is 5.79. The van der Waals surface area contributed by atoms with E-state index in [1.54, 1.807) is 0 Å². The maximum absolute atomic E-state index is 4.65. The maximum atomic E-state index is 4.65. The summed E-state index contributed by atoms with van der Waals surface area (Å²) >= 11 is 0. The molecule has 0 radical (unpaired) electrons. The molecular weight excluding hydrogens is 212 g/mol. The summed E-state index contributed by atoms with van der Waals surface area (Å²) in [5.74, 6) is 1.21. The molecule has 0 aliphatic heterocycles. The third-order valence-corrected chi connectivity index (χ3v) is 3.00. The van der Waals surface area contributed by atoms with Crippen molar-refractivity contribution >= 4 is 16.4 Å². The molecule has 2 heterocycles. The lowest BCUT2D eigenvalue weighted by Crippen LogP contribution is -2.03. The van der Waals surface area contributed by atoms with Crippen molar-refractivity contribution in [2.75, 3.05) is 0 Å². The van der Waals surface area contributed by atoms with Crippen molar-refractivity contribution < 1.29 is 0 Å². The van der Waals surface area contributed by atoms with Crippen LogP contribution in [-0.4, -0.2) is 19.8 Å². The number of hydrogen-bond acceptors (Lipinski definition) is 3. The van der Waals surface area contributed by atoms with E-state index in [0.29, 0.717) is 5.92 Å². The summed E-state index contributed by atoms with van der Waals surface area (Å²) in [6.45, 7) is 6.23. The van der Waals surface area contributed by atoms with E-state index in [0.717, 1.165) is 22.6 Å². The molecule has 17 heavy (non-hydrogen) atoms. The minimum absolute atomic E-state index is 0.381. The molecule has 4 heteroatoms. The highest BCUT2D eigenvalue weighted by Crippen LogP contribution is 2.25.